The van der Waals surface area contributed by atoms with Crippen LogP contribution in [0.2, 0.25) is 0 Å². The number of aromatic nitrogens is 3. The van der Waals surface area contributed by atoms with Gasteiger partial charge in [0, 0.05) is 62.2 Å². The van der Waals surface area contributed by atoms with Crippen molar-refractivity contribution in [3.63, 3.8) is 0 Å². The van der Waals surface area contributed by atoms with E-state index in [1.165, 1.54) is 6.07 Å². The zero-order chi connectivity index (χ0) is 27.2. The molecule has 4 rings (SSSR count). The molecule has 0 atom stereocenters. The Morgan fingerprint density at radius 3 is 2.45 bits per heavy atom. The number of nitrogen functional groups attached to an aromatic ring is 1. The smallest absolute Gasteiger partial charge is 0.254 e. The minimum absolute atomic E-state index is 0.0259. The number of anilines is 2. The van der Waals surface area contributed by atoms with Crippen LogP contribution in [0.5, 0.6) is 0 Å². The second-order valence-electron chi connectivity index (χ2n) is 9.32. The van der Waals surface area contributed by atoms with E-state index in [2.05, 4.69) is 50.9 Å². The van der Waals surface area contributed by atoms with Crippen molar-refractivity contribution in [1.82, 2.24) is 24.8 Å². The molecule has 1 fully saturated rings. The van der Waals surface area contributed by atoms with Gasteiger partial charge in [0.25, 0.3) is 5.91 Å². The van der Waals surface area contributed by atoms with Gasteiger partial charge in [0.15, 0.2) is 0 Å². The predicted molar refractivity (Wildman–Crippen MR) is 148 cm³/mol. The normalized spacial score (nSPS) is 13.8. The van der Waals surface area contributed by atoms with Gasteiger partial charge in [-0.3, -0.25) is 9.69 Å². The molecule has 0 spiro atoms. The van der Waals surface area contributed by atoms with Crippen LogP contribution in [0.4, 0.5) is 16.2 Å². The van der Waals surface area contributed by atoms with Crippen molar-refractivity contribution >= 4 is 17.7 Å². The Labute approximate surface area is 223 Å². The zero-order valence-electron chi connectivity index (χ0n) is 22.4. The molecule has 9 heteroatoms. The summed E-state index contributed by atoms with van der Waals surface area (Å²) < 4.78 is 15.5. The summed E-state index contributed by atoms with van der Waals surface area (Å²) in [5, 5.41) is 2.96. The molecule has 1 aromatic carbocycles. The highest BCUT2D eigenvalue weighted by Crippen LogP contribution is 2.28. The minimum Gasteiger partial charge on any atom is -0.373 e. The van der Waals surface area contributed by atoms with Crippen LogP contribution in [0, 0.1) is 24.6 Å². The van der Waals surface area contributed by atoms with E-state index in [0.717, 1.165) is 31.7 Å². The first-order chi connectivity index (χ1) is 18.3. The zero-order valence-corrected chi connectivity index (χ0v) is 22.4. The highest BCUT2D eigenvalue weighted by molar-refractivity contribution is 5.95. The average Bonchev–Trinajstić information content (AvgIpc) is 2.93. The van der Waals surface area contributed by atoms with Crippen LogP contribution in [0.25, 0.3) is 11.3 Å². The van der Waals surface area contributed by atoms with Crippen molar-refractivity contribution < 1.29 is 9.18 Å². The van der Waals surface area contributed by atoms with Gasteiger partial charge in [-0.25, -0.2) is 19.3 Å². The highest BCUT2D eigenvalue weighted by Gasteiger charge is 2.26. The molecule has 3 N–H and O–H groups in total. The Hall–Kier alpha value is -4.03. The first-order valence-corrected chi connectivity index (χ1v) is 13.0. The molecule has 3 heterocycles. The summed E-state index contributed by atoms with van der Waals surface area (Å²) in [5.41, 5.74) is 8.41. The quantitative estimate of drug-likeness (QED) is 0.480. The van der Waals surface area contributed by atoms with Crippen LogP contribution >= 0.6 is 0 Å². The van der Waals surface area contributed by atoms with E-state index in [-0.39, 0.29) is 23.1 Å². The van der Waals surface area contributed by atoms with Gasteiger partial charge in [-0.05, 0) is 50.1 Å². The Bertz CT molecular complexity index is 1350. The number of nitrogens with one attached hydrogen (secondary N) is 1. The number of hydrogen-bond donors (Lipinski definition) is 2. The van der Waals surface area contributed by atoms with Gasteiger partial charge in [-0.15, -0.1) is 0 Å². The summed E-state index contributed by atoms with van der Waals surface area (Å²) in [6.07, 6.45) is 3.84. The van der Waals surface area contributed by atoms with E-state index in [1.807, 2.05) is 12.1 Å². The van der Waals surface area contributed by atoms with Gasteiger partial charge in [-0.1, -0.05) is 25.7 Å². The van der Waals surface area contributed by atoms with Gasteiger partial charge in [0.05, 0.1) is 17.0 Å². The summed E-state index contributed by atoms with van der Waals surface area (Å²) >= 11 is 0. The van der Waals surface area contributed by atoms with Crippen LogP contribution in [0.15, 0.2) is 36.5 Å². The molecule has 38 heavy (non-hydrogen) atoms. The molecule has 8 nitrogen and oxygen atoms in total. The van der Waals surface area contributed by atoms with Gasteiger partial charge in [0.1, 0.15) is 11.6 Å². The maximum atomic E-state index is 15.5. The van der Waals surface area contributed by atoms with E-state index in [1.54, 1.807) is 37.2 Å². The molecule has 1 amide bonds. The van der Waals surface area contributed by atoms with Crippen LogP contribution in [-0.4, -0.2) is 69.9 Å². The highest BCUT2D eigenvalue weighted by atomic mass is 19.1. The van der Waals surface area contributed by atoms with Crippen molar-refractivity contribution in [3.05, 3.63) is 64.7 Å². The molecule has 0 bridgehead atoms. The standard InChI is InChI=1S/C29H34FN7O/c1-5-22(6-2)36-13-15-37(16-14-36)28(38)21-9-11-24(25(30)17-21)27-23(19(3)34-29(31)35-27)10-7-20-8-12-26(32-4)33-18-20/h8-9,11-12,17-18,22H,5-6,13-16H2,1-4H3,(H,32,33)(H2,31,34,35). The topological polar surface area (TPSA) is 100 Å². The SMILES string of the molecule is CCC(CC)N1CCN(C(=O)c2ccc(-c3nc(N)nc(C)c3C#Cc3ccc(NC)nc3)c(F)c2)CC1. The molecule has 1 aliphatic rings. The van der Waals surface area contributed by atoms with Crippen molar-refractivity contribution in [3.8, 4) is 23.1 Å². The third kappa shape index (κ3) is 5.92. The first-order valence-electron chi connectivity index (χ1n) is 13.0. The summed E-state index contributed by atoms with van der Waals surface area (Å²) in [6, 6.07) is 8.67. The van der Waals surface area contributed by atoms with E-state index >= 15 is 4.39 Å². The number of benzene rings is 1. The van der Waals surface area contributed by atoms with Crippen LogP contribution in [0.3, 0.4) is 0 Å². The number of halogens is 1. The lowest BCUT2D eigenvalue weighted by atomic mass is 10.0. The molecule has 1 aliphatic heterocycles. The Morgan fingerprint density at radius 1 is 1.11 bits per heavy atom. The number of pyridine rings is 1. The van der Waals surface area contributed by atoms with Gasteiger partial charge in [0.2, 0.25) is 5.95 Å². The van der Waals surface area contributed by atoms with Crippen molar-refractivity contribution in [2.45, 2.75) is 39.7 Å². The molecule has 0 unspecified atom stereocenters. The Balaban J connectivity index is 1.58. The number of nitrogens with zero attached hydrogens (tertiary/aromatic N) is 5. The molecule has 0 saturated carbocycles. The number of amides is 1. The maximum Gasteiger partial charge on any atom is 0.254 e. The fourth-order valence-corrected chi connectivity index (χ4v) is 4.81. The Morgan fingerprint density at radius 2 is 1.84 bits per heavy atom. The number of aryl methyl sites for hydroxylation is 1. The van der Waals surface area contributed by atoms with Gasteiger partial charge in [-0.2, -0.15) is 0 Å². The van der Waals surface area contributed by atoms with Crippen molar-refractivity contribution in [2.24, 2.45) is 0 Å². The fraction of sp³-hybridized carbons (Fsp3) is 0.379. The lowest BCUT2D eigenvalue weighted by Crippen LogP contribution is -2.51. The second kappa shape index (κ2) is 12.0. The van der Waals surface area contributed by atoms with Crippen molar-refractivity contribution in [2.75, 3.05) is 44.3 Å². The first kappa shape index (κ1) is 27.0. The van der Waals surface area contributed by atoms with E-state index in [4.69, 9.17) is 5.73 Å². The minimum atomic E-state index is -0.563. The number of hydrogen-bond acceptors (Lipinski definition) is 7. The van der Waals surface area contributed by atoms with E-state index in [9.17, 15) is 4.79 Å². The monoisotopic (exact) mass is 515 g/mol. The molecule has 2 aromatic heterocycles. The fourth-order valence-electron chi connectivity index (χ4n) is 4.81. The molecular weight excluding hydrogens is 481 g/mol. The molecular formula is C29H34FN7O. The third-order valence-corrected chi connectivity index (χ3v) is 6.99. The predicted octanol–water partition coefficient (Wildman–Crippen LogP) is 3.96. The number of carbonyl (C=O) groups is 1. The van der Waals surface area contributed by atoms with Crippen molar-refractivity contribution in [1.29, 1.82) is 0 Å². The van der Waals surface area contributed by atoms with E-state index < -0.39 is 5.82 Å². The lowest BCUT2D eigenvalue weighted by molar-refractivity contribution is 0.0559. The largest absolute Gasteiger partial charge is 0.373 e. The van der Waals surface area contributed by atoms with Crippen LogP contribution < -0.4 is 11.1 Å². The molecule has 198 valence electrons. The summed E-state index contributed by atoms with van der Waals surface area (Å²) in [6.45, 7) is 9.05. The molecule has 0 aliphatic carbocycles. The third-order valence-electron chi connectivity index (χ3n) is 6.99. The summed E-state index contributed by atoms with van der Waals surface area (Å²) in [4.78, 5) is 30.2. The number of piperazine rings is 1. The molecule has 3 aromatic rings. The van der Waals surface area contributed by atoms with Crippen LogP contribution in [0.1, 0.15) is 53.9 Å². The Kier molecular flexibility index (Phi) is 8.54. The number of nitrogens with two attached hydrogens (primary N) is 1. The maximum absolute atomic E-state index is 15.5. The molecule has 0 radical (unpaired) electrons. The number of carbonyl (C=O) groups excluding carboxylic acids is 1. The van der Waals surface area contributed by atoms with Gasteiger partial charge >= 0.3 is 0 Å². The summed E-state index contributed by atoms with van der Waals surface area (Å²) in [5.74, 6) is 6.13. The average molecular weight is 516 g/mol. The van der Waals surface area contributed by atoms with Crippen LogP contribution in [-0.2, 0) is 0 Å². The van der Waals surface area contributed by atoms with Gasteiger partial charge < -0.3 is 16.0 Å². The second-order valence-corrected chi connectivity index (χ2v) is 9.32. The lowest BCUT2D eigenvalue weighted by Gasteiger charge is -2.38. The number of rotatable bonds is 6. The van der Waals surface area contributed by atoms with E-state index in [0.29, 0.717) is 41.5 Å². The summed E-state index contributed by atoms with van der Waals surface area (Å²) in [7, 11) is 1.79. The molecule has 1 saturated heterocycles.